The quantitative estimate of drug-likeness (QED) is 0.708. The molecule has 1 aromatic rings. The van der Waals surface area contributed by atoms with Gasteiger partial charge in [0.2, 0.25) is 0 Å². The molecule has 4 nitrogen and oxygen atoms in total. The molecule has 0 aliphatic carbocycles. The third kappa shape index (κ3) is 4.45. The predicted molar refractivity (Wildman–Crippen MR) is 88.6 cm³/mol. The lowest BCUT2D eigenvalue weighted by atomic mass is 9.85. The zero-order valence-corrected chi connectivity index (χ0v) is 14.7. The van der Waals surface area contributed by atoms with Crippen molar-refractivity contribution in [3.63, 3.8) is 0 Å². The number of aliphatic hydroxyl groups is 1. The third-order valence-electron chi connectivity index (χ3n) is 3.73. The number of ether oxygens (including phenoxy) is 3. The molecule has 0 heterocycles. The van der Waals surface area contributed by atoms with E-state index in [0.29, 0.717) is 31.7 Å². The van der Waals surface area contributed by atoms with Crippen LogP contribution in [0, 0.1) is 0 Å². The smallest absolute Gasteiger partial charge is 0.123 e. The fraction of sp³-hybridized carbons (Fsp3) is 0.667. The second kappa shape index (κ2) is 9.13. The molecule has 0 unspecified atom stereocenters. The van der Waals surface area contributed by atoms with Gasteiger partial charge in [-0.2, -0.15) is 0 Å². The molecular weight excluding hydrogens is 280 g/mol. The summed E-state index contributed by atoms with van der Waals surface area (Å²) < 4.78 is 16.4. The predicted octanol–water partition coefficient (Wildman–Crippen LogP) is 3.60. The first-order valence-corrected chi connectivity index (χ1v) is 7.87. The van der Waals surface area contributed by atoms with E-state index in [0.717, 1.165) is 16.9 Å². The average Bonchev–Trinajstić information content (AvgIpc) is 2.46. The maximum absolute atomic E-state index is 9.76. The van der Waals surface area contributed by atoms with Gasteiger partial charge in [0.1, 0.15) is 12.4 Å². The van der Waals surface area contributed by atoms with Crippen molar-refractivity contribution >= 4 is 0 Å². The van der Waals surface area contributed by atoms with Gasteiger partial charge in [0, 0.05) is 19.8 Å². The molecule has 0 aliphatic rings. The SMILES string of the molecule is COCCOc1cc(CO)c(C(C)C)c(COC)c1C(C)C. The summed E-state index contributed by atoms with van der Waals surface area (Å²) in [6.45, 7) is 10.2. The Morgan fingerprint density at radius 3 is 2.05 bits per heavy atom. The van der Waals surface area contributed by atoms with Crippen LogP contribution in [0.15, 0.2) is 6.07 Å². The largest absolute Gasteiger partial charge is 0.491 e. The molecule has 4 heteroatoms. The maximum Gasteiger partial charge on any atom is 0.123 e. The second-order valence-corrected chi connectivity index (χ2v) is 6.08. The van der Waals surface area contributed by atoms with Gasteiger partial charge in [-0.25, -0.2) is 0 Å². The van der Waals surface area contributed by atoms with Crippen LogP contribution in [-0.2, 0) is 22.7 Å². The first-order chi connectivity index (χ1) is 10.5. The van der Waals surface area contributed by atoms with Crippen molar-refractivity contribution in [3.8, 4) is 5.75 Å². The molecule has 0 aliphatic heterocycles. The molecule has 22 heavy (non-hydrogen) atoms. The van der Waals surface area contributed by atoms with Gasteiger partial charge in [-0.3, -0.25) is 0 Å². The van der Waals surface area contributed by atoms with Crippen molar-refractivity contribution in [1.82, 2.24) is 0 Å². The van der Waals surface area contributed by atoms with Crippen LogP contribution in [0.2, 0.25) is 0 Å². The Morgan fingerprint density at radius 1 is 0.955 bits per heavy atom. The number of benzene rings is 1. The molecule has 0 amide bonds. The van der Waals surface area contributed by atoms with Gasteiger partial charge in [-0.15, -0.1) is 0 Å². The average molecular weight is 310 g/mol. The Balaban J connectivity index is 3.45. The molecule has 1 N–H and O–H groups in total. The Kier molecular flexibility index (Phi) is 7.87. The van der Waals surface area contributed by atoms with Crippen molar-refractivity contribution in [1.29, 1.82) is 0 Å². The number of methoxy groups -OCH3 is 2. The van der Waals surface area contributed by atoms with Crippen LogP contribution < -0.4 is 4.74 Å². The van der Waals surface area contributed by atoms with Gasteiger partial charge in [0.05, 0.1) is 19.8 Å². The monoisotopic (exact) mass is 310 g/mol. The molecule has 0 radical (unpaired) electrons. The van der Waals surface area contributed by atoms with Gasteiger partial charge in [-0.1, -0.05) is 27.7 Å². The summed E-state index contributed by atoms with van der Waals surface area (Å²) in [6.07, 6.45) is 0. The lowest BCUT2D eigenvalue weighted by Crippen LogP contribution is -2.13. The van der Waals surface area contributed by atoms with Crippen LogP contribution in [0.25, 0.3) is 0 Å². The minimum atomic E-state index is 0.00321. The lowest BCUT2D eigenvalue weighted by Gasteiger charge is -2.25. The molecule has 0 bridgehead atoms. The third-order valence-corrected chi connectivity index (χ3v) is 3.73. The summed E-state index contributed by atoms with van der Waals surface area (Å²) in [7, 11) is 3.36. The highest BCUT2D eigenvalue weighted by molar-refractivity contribution is 5.52. The first-order valence-electron chi connectivity index (χ1n) is 7.87. The summed E-state index contributed by atoms with van der Waals surface area (Å²) >= 11 is 0. The molecule has 1 aromatic carbocycles. The van der Waals surface area contributed by atoms with Crippen LogP contribution in [0.4, 0.5) is 0 Å². The highest BCUT2D eigenvalue weighted by Gasteiger charge is 2.22. The summed E-state index contributed by atoms with van der Waals surface area (Å²) in [5, 5.41) is 9.76. The van der Waals surface area contributed by atoms with E-state index < -0.39 is 0 Å². The van der Waals surface area contributed by atoms with Crippen LogP contribution in [0.1, 0.15) is 61.8 Å². The minimum absolute atomic E-state index is 0.00321. The fourth-order valence-corrected chi connectivity index (χ4v) is 2.94. The van der Waals surface area contributed by atoms with Gasteiger partial charge in [0.15, 0.2) is 0 Å². The van der Waals surface area contributed by atoms with Gasteiger partial charge < -0.3 is 19.3 Å². The Labute approximate surface area is 134 Å². The molecule has 1 rings (SSSR count). The lowest BCUT2D eigenvalue weighted by molar-refractivity contribution is 0.144. The minimum Gasteiger partial charge on any atom is -0.491 e. The van der Waals surface area contributed by atoms with E-state index in [2.05, 4.69) is 27.7 Å². The van der Waals surface area contributed by atoms with Crippen LogP contribution >= 0.6 is 0 Å². The van der Waals surface area contributed by atoms with Crippen molar-refractivity contribution in [2.45, 2.75) is 52.7 Å². The summed E-state index contributed by atoms with van der Waals surface area (Å²) in [4.78, 5) is 0. The van der Waals surface area contributed by atoms with Gasteiger partial charge in [0.25, 0.3) is 0 Å². The number of aliphatic hydroxyl groups excluding tert-OH is 1. The van der Waals surface area contributed by atoms with Crippen molar-refractivity contribution in [2.75, 3.05) is 27.4 Å². The molecule has 0 saturated carbocycles. The Hall–Kier alpha value is -1.10. The van der Waals surface area contributed by atoms with E-state index in [-0.39, 0.29) is 6.61 Å². The zero-order valence-electron chi connectivity index (χ0n) is 14.7. The molecule has 0 spiro atoms. The molecule has 0 atom stereocenters. The fourth-order valence-electron chi connectivity index (χ4n) is 2.94. The van der Waals surface area contributed by atoms with Gasteiger partial charge in [-0.05, 0) is 34.6 Å². The molecular formula is C18H30O4. The van der Waals surface area contributed by atoms with Crippen LogP contribution in [0.3, 0.4) is 0 Å². The topological polar surface area (TPSA) is 47.9 Å². The molecule has 0 saturated heterocycles. The second-order valence-electron chi connectivity index (χ2n) is 6.08. The van der Waals surface area contributed by atoms with E-state index in [4.69, 9.17) is 14.2 Å². The number of hydrogen-bond acceptors (Lipinski definition) is 4. The number of hydrogen-bond donors (Lipinski definition) is 1. The van der Waals surface area contributed by atoms with Crippen molar-refractivity contribution < 1.29 is 19.3 Å². The summed E-state index contributed by atoms with van der Waals surface area (Å²) in [5.41, 5.74) is 4.40. The summed E-state index contributed by atoms with van der Waals surface area (Å²) in [5.74, 6) is 1.46. The zero-order chi connectivity index (χ0) is 16.7. The van der Waals surface area contributed by atoms with Crippen molar-refractivity contribution in [3.05, 3.63) is 28.3 Å². The molecule has 0 aromatic heterocycles. The maximum atomic E-state index is 9.76. The van der Waals surface area contributed by atoms with Gasteiger partial charge >= 0.3 is 0 Å². The first kappa shape index (κ1) is 18.9. The highest BCUT2D eigenvalue weighted by atomic mass is 16.5. The van der Waals surface area contributed by atoms with E-state index >= 15 is 0 Å². The standard InChI is InChI=1S/C18H30O4/c1-12(2)17-14(10-19)9-16(22-8-7-20-5)18(13(3)4)15(17)11-21-6/h9,12-13,19H,7-8,10-11H2,1-6H3. The van der Waals surface area contributed by atoms with Crippen LogP contribution in [0.5, 0.6) is 5.75 Å². The Morgan fingerprint density at radius 2 is 1.59 bits per heavy atom. The normalized spacial score (nSPS) is 11.5. The highest BCUT2D eigenvalue weighted by Crippen LogP contribution is 2.38. The summed E-state index contributed by atoms with van der Waals surface area (Å²) in [6, 6.07) is 1.97. The Bertz CT molecular complexity index is 467. The van der Waals surface area contributed by atoms with E-state index in [1.165, 1.54) is 11.1 Å². The van der Waals surface area contributed by atoms with E-state index in [1.807, 2.05) is 6.07 Å². The number of rotatable bonds is 9. The molecule has 0 fully saturated rings. The van der Waals surface area contributed by atoms with Crippen molar-refractivity contribution in [2.24, 2.45) is 0 Å². The van der Waals surface area contributed by atoms with Crippen LogP contribution in [-0.4, -0.2) is 32.5 Å². The molecule has 126 valence electrons. The van der Waals surface area contributed by atoms with E-state index in [1.54, 1.807) is 14.2 Å². The van der Waals surface area contributed by atoms with E-state index in [9.17, 15) is 5.11 Å².